The predicted molar refractivity (Wildman–Crippen MR) is 89.6 cm³/mol. The van der Waals surface area contributed by atoms with Crippen LogP contribution >= 0.6 is 0 Å². The topological polar surface area (TPSA) is 51.5 Å². The SMILES string of the molecule is C=C1CCCN1C(CC)CCC/C=C1\C=CNC1=NC=N. The van der Waals surface area contributed by atoms with Crippen LogP contribution in [0.3, 0.4) is 0 Å². The first-order valence-corrected chi connectivity index (χ1v) is 7.91. The van der Waals surface area contributed by atoms with Gasteiger partial charge in [0.15, 0.2) is 0 Å². The molecule has 2 N–H and O–H groups in total. The maximum Gasteiger partial charge on any atom is 0.138 e. The smallest absolute Gasteiger partial charge is 0.138 e. The summed E-state index contributed by atoms with van der Waals surface area (Å²) in [6.07, 6.45) is 14.2. The molecule has 0 aliphatic carbocycles. The Labute approximate surface area is 127 Å². The number of allylic oxidation sites excluding steroid dienone is 2. The zero-order valence-corrected chi connectivity index (χ0v) is 12.9. The van der Waals surface area contributed by atoms with E-state index in [4.69, 9.17) is 5.41 Å². The fraction of sp³-hybridized carbons (Fsp3) is 0.529. The minimum atomic E-state index is 0.644. The van der Waals surface area contributed by atoms with Crippen molar-refractivity contribution < 1.29 is 0 Å². The first-order valence-electron chi connectivity index (χ1n) is 7.91. The van der Waals surface area contributed by atoms with Crippen molar-refractivity contribution in [2.24, 2.45) is 4.99 Å². The van der Waals surface area contributed by atoms with Gasteiger partial charge in [0.05, 0.1) is 0 Å². The van der Waals surface area contributed by atoms with Crippen LogP contribution in [0.1, 0.15) is 45.4 Å². The molecule has 1 fully saturated rings. The Morgan fingerprint density at radius 3 is 3.10 bits per heavy atom. The molecule has 4 nitrogen and oxygen atoms in total. The highest BCUT2D eigenvalue weighted by atomic mass is 15.2. The summed E-state index contributed by atoms with van der Waals surface area (Å²) in [6, 6.07) is 0.644. The van der Waals surface area contributed by atoms with E-state index in [2.05, 4.69) is 34.8 Å². The fourth-order valence-electron chi connectivity index (χ4n) is 3.10. The summed E-state index contributed by atoms with van der Waals surface area (Å²) in [6.45, 7) is 7.64. The van der Waals surface area contributed by atoms with Gasteiger partial charge in [-0.1, -0.05) is 19.6 Å². The van der Waals surface area contributed by atoms with Crippen molar-refractivity contribution in [3.63, 3.8) is 0 Å². The highest BCUT2D eigenvalue weighted by Crippen LogP contribution is 2.26. The molecule has 0 aromatic carbocycles. The van der Waals surface area contributed by atoms with Crippen molar-refractivity contribution in [3.8, 4) is 0 Å². The standard InChI is InChI=1S/C17H26N4/c1-3-16(21-12-6-7-14(21)2)9-5-4-8-15-10-11-19-17(15)20-13-18/h8,10-11,13,16H,2-7,9,12H2,1H3,(H2,18,19,20)/b15-8+. The Balaban J connectivity index is 1.80. The van der Waals surface area contributed by atoms with Gasteiger partial charge in [0, 0.05) is 30.1 Å². The lowest BCUT2D eigenvalue weighted by molar-refractivity contribution is 0.260. The molecule has 0 spiro atoms. The predicted octanol–water partition coefficient (Wildman–Crippen LogP) is 3.59. The zero-order chi connectivity index (χ0) is 15.1. The second-order valence-corrected chi connectivity index (χ2v) is 5.60. The van der Waals surface area contributed by atoms with Gasteiger partial charge >= 0.3 is 0 Å². The van der Waals surface area contributed by atoms with E-state index in [-0.39, 0.29) is 0 Å². The van der Waals surface area contributed by atoms with Gasteiger partial charge < -0.3 is 10.2 Å². The molecule has 2 rings (SSSR count). The summed E-state index contributed by atoms with van der Waals surface area (Å²) < 4.78 is 0. The lowest BCUT2D eigenvalue weighted by Crippen LogP contribution is -2.30. The van der Waals surface area contributed by atoms with Crippen LogP contribution in [0, 0.1) is 5.41 Å². The van der Waals surface area contributed by atoms with Crippen molar-refractivity contribution in [1.82, 2.24) is 10.2 Å². The van der Waals surface area contributed by atoms with Crippen molar-refractivity contribution in [2.45, 2.75) is 51.5 Å². The summed E-state index contributed by atoms with van der Waals surface area (Å²) in [5.74, 6) is 0.782. The van der Waals surface area contributed by atoms with Crippen molar-refractivity contribution in [3.05, 3.63) is 36.2 Å². The van der Waals surface area contributed by atoms with E-state index in [9.17, 15) is 0 Å². The molecular formula is C17H26N4. The monoisotopic (exact) mass is 286 g/mol. The van der Waals surface area contributed by atoms with Gasteiger partial charge in [0.25, 0.3) is 0 Å². The molecule has 21 heavy (non-hydrogen) atoms. The number of rotatable bonds is 7. The molecule has 114 valence electrons. The van der Waals surface area contributed by atoms with Gasteiger partial charge in [0.2, 0.25) is 0 Å². The molecule has 2 aliphatic rings. The van der Waals surface area contributed by atoms with Crippen LogP contribution in [-0.2, 0) is 0 Å². The Bertz CT molecular complexity index is 473. The van der Waals surface area contributed by atoms with Crippen LogP contribution in [0.5, 0.6) is 0 Å². The summed E-state index contributed by atoms with van der Waals surface area (Å²) >= 11 is 0. The minimum absolute atomic E-state index is 0.644. The normalized spacial score (nSPS) is 23.1. The summed E-state index contributed by atoms with van der Waals surface area (Å²) in [4.78, 5) is 6.51. The van der Waals surface area contributed by atoms with Crippen LogP contribution < -0.4 is 5.32 Å². The molecule has 0 radical (unpaired) electrons. The molecule has 2 aliphatic heterocycles. The molecule has 0 saturated carbocycles. The highest BCUT2D eigenvalue weighted by molar-refractivity contribution is 6.06. The second-order valence-electron chi connectivity index (χ2n) is 5.60. The Morgan fingerprint density at radius 1 is 1.57 bits per heavy atom. The number of nitrogens with one attached hydrogen (secondary N) is 2. The number of nitrogens with zero attached hydrogens (tertiary/aromatic N) is 2. The van der Waals surface area contributed by atoms with Crippen molar-refractivity contribution in [1.29, 1.82) is 5.41 Å². The molecular weight excluding hydrogens is 260 g/mol. The Kier molecular flexibility index (Phi) is 5.78. The molecule has 1 saturated heterocycles. The van der Waals surface area contributed by atoms with Crippen molar-refractivity contribution in [2.75, 3.05) is 6.54 Å². The fourth-order valence-corrected chi connectivity index (χ4v) is 3.10. The molecule has 0 aromatic rings. The van der Waals surface area contributed by atoms with Crippen LogP contribution in [0.4, 0.5) is 0 Å². The molecule has 1 atom stereocenters. The van der Waals surface area contributed by atoms with E-state index in [1.165, 1.54) is 44.3 Å². The number of likely N-dealkylation sites (tertiary alicyclic amines) is 1. The van der Waals surface area contributed by atoms with Gasteiger partial charge in [-0.2, -0.15) is 0 Å². The third kappa shape index (κ3) is 4.06. The number of hydrogen-bond acceptors (Lipinski definition) is 2. The molecule has 1 unspecified atom stereocenters. The lowest BCUT2D eigenvalue weighted by atomic mass is 10.0. The van der Waals surface area contributed by atoms with Gasteiger partial charge in [-0.25, -0.2) is 4.99 Å². The first kappa shape index (κ1) is 15.5. The second kappa shape index (κ2) is 7.81. The average molecular weight is 286 g/mol. The van der Waals surface area contributed by atoms with Gasteiger partial charge in [-0.3, -0.25) is 5.41 Å². The number of amidine groups is 1. The molecule has 2 heterocycles. The van der Waals surface area contributed by atoms with Gasteiger partial charge in [0.1, 0.15) is 12.2 Å². The summed E-state index contributed by atoms with van der Waals surface area (Å²) in [7, 11) is 0. The van der Waals surface area contributed by atoms with Gasteiger partial charge in [-0.05, 0) is 44.6 Å². The van der Waals surface area contributed by atoms with E-state index >= 15 is 0 Å². The van der Waals surface area contributed by atoms with Crippen molar-refractivity contribution >= 4 is 12.2 Å². The first-order chi connectivity index (χ1) is 10.3. The lowest BCUT2D eigenvalue weighted by Gasteiger charge is -2.29. The maximum atomic E-state index is 7.05. The van der Waals surface area contributed by atoms with Crippen LogP contribution in [0.15, 0.2) is 41.2 Å². The maximum absolute atomic E-state index is 7.05. The molecule has 0 amide bonds. The van der Waals surface area contributed by atoms with E-state index in [1.54, 1.807) is 0 Å². The third-order valence-corrected chi connectivity index (χ3v) is 4.24. The molecule has 0 aromatic heterocycles. The average Bonchev–Trinajstić information content (AvgIpc) is 3.09. The quantitative estimate of drug-likeness (QED) is 0.427. The Hall–Kier alpha value is -1.84. The third-order valence-electron chi connectivity index (χ3n) is 4.24. The largest absolute Gasteiger partial charge is 0.372 e. The molecule has 4 heteroatoms. The van der Waals surface area contributed by atoms with E-state index in [0.29, 0.717) is 6.04 Å². The highest BCUT2D eigenvalue weighted by Gasteiger charge is 2.21. The van der Waals surface area contributed by atoms with E-state index < -0.39 is 0 Å². The number of unbranched alkanes of at least 4 members (excludes halogenated alkanes) is 1. The Morgan fingerprint density at radius 2 is 2.43 bits per heavy atom. The van der Waals surface area contributed by atoms with Crippen LogP contribution in [0.2, 0.25) is 0 Å². The number of hydrogen-bond donors (Lipinski definition) is 2. The summed E-state index contributed by atoms with van der Waals surface area (Å²) in [5, 5.41) is 10.1. The zero-order valence-electron chi connectivity index (χ0n) is 12.9. The van der Waals surface area contributed by atoms with E-state index in [1.807, 2.05) is 12.3 Å². The van der Waals surface area contributed by atoms with Crippen LogP contribution in [-0.4, -0.2) is 29.7 Å². The minimum Gasteiger partial charge on any atom is -0.372 e. The van der Waals surface area contributed by atoms with E-state index in [0.717, 1.165) is 24.2 Å². The summed E-state index contributed by atoms with van der Waals surface area (Å²) in [5.41, 5.74) is 2.42. The molecule has 0 bridgehead atoms. The van der Waals surface area contributed by atoms with Gasteiger partial charge in [-0.15, -0.1) is 0 Å². The van der Waals surface area contributed by atoms with Crippen LogP contribution in [0.25, 0.3) is 0 Å². The number of aliphatic imine (C=N–C) groups is 1.